The minimum Gasteiger partial charge on any atom is -0.478 e. The lowest BCUT2D eigenvalue weighted by Crippen LogP contribution is -2.12. The Morgan fingerprint density at radius 1 is 0.952 bits per heavy atom. The van der Waals surface area contributed by atoms with Crippen LogP contribution in [0.1, 0.15) is 27.0 Å². The van der Waals surface area contributed by atoms with E-state index in [4.69, 9.17) is 5.11 Å². The van der Waals surface area contributed by atoms with Gasteiger partial charge in [0.1, 0.15) is 0 Å². The van der Waals surface area contributed by atoms with Crippen LogP contribution < -0.4 is 0 Å². The Morgan fingerprint density at radius 3 is 2.10 bits per heavy atom. The Kier molecular flexibility index (Phi) is 4.43. The SMILES string of the molecule is Cc1ccccc1CS(=O)(=O)Cc1ccccc1C(=O)O. The predicted molar refractivity (Wildman–Crippen MR) is 80.9 cm³/mol. The van der Waals surface area contributed by atoms with Gasteiger partial charge in [-0.15, -0.1) is 0 Å². The molecule has 0 unspecified atom stereocenters. The van der Waals surface area contributed by atoms with Crippen LogP contribution >= 0.6 is 0 Å². The van der Waals surface area contributed by atoms with Crippen molar-refractivity contribution >= 4 is 15.8 Å². The highest BCUT2D eigenvalue weighted by Crippen LogP contribution is 2.18. The van der Waals surface area contributed by atoms with Crippen molar-refractivity contribution in [3.8, 4) is 0 Å². The predicted octanol–water partition coefficient (Wildman–Crippen LogP) is 2.81. The Morgan fingerprint density at radius 2 is 1.48 bits per heavy atom. The van der Waals surface area contributed by atoms with Crippen LogP contribution in [0.25, 0.3) is 0 Å². The van der Waals surface area contributed by atoms with Crippen LogP contribution in [0.15, 0.2) is 48.5 Å². The van der Waals surface area contributed by atoms with Crippen LogP contribution in [-0.2, 0) is 21.3 Å². The summed E-state index contributed by atoms with van der Waals surface area (Å²) in [6, 6.07) is 13.5. The summed E-state index contributed by atoms with van der Waals surface area (Å²) in [4.78, 5) is 11.1. The molecule has 0 amide bonds. The molecule has 4 nitrogen and oxygen atoms in total. The van der Waals surface area contributed by atoms with Crippen molar-refractivity contribution in [1.82, 2.24) is 0 Å². The van der Waals surface area contributed by atoms with Gasteiger partial charge in [-0.1, -0.05) is 42.5 Å². The van der Waals surface area contributed by atoms with Crippen molar-refractivity contribution in [3.63, 3.8) is 0 Å². The lowest BCUT2D eigenvalue weighted by molar-refractivity contribution is 0.0696. The van der Waals surface area contributed by atoms with Gasteiger partial charge in [0.05, 0.1) is 17.1 Å². The maximum Gasteiger partial charge on any atom is 0.335 e. The molecule has 0 saturated carbocycles. The van der Waals surface area contributed by atoms with E-state index in [1.807, 2.05) is 19.1 Å². The number of rotatable bonds is 5. The number of hydrogen-bond donors (Lipinski definition) is 1. The van der Waals surface area contributed by atoms with Gasteiger partial charge >= 0.3 is 5.97 Å². The monoisotopic (exact) mass is 304 g/mol. The quantitative estimate of drug-likeness (QED) is 0.922. The van der Waals surface area contributed by atoms with E-state index in [1.165, 1.54) is 6.07 Å². The second-order valence-electron chi connectivity index (χ2n) is 4.92. The molecule has 0 aliphatic rings. The molecule has 2 aromatic rings. The standard InChI is InChI=1S/C16H16O4S/c1-12-6-2-3-7-13(12)10-21(19,20)11-14-8-4-5-9-15(14)16(17)18/h2-9H,10-11H2,1H3,(H,17,18). The maximum absolute atomic E-state index is 12.3. The van der Waals surface area contributed by atoms with Gasteiger partial charge in [-0.2, -0.15) is 0 Å². The molecule has 2 rings (SSSR count). The summed E-state index contributed by atoms with van der Waals surface area (Å²) in [7, 11) is -3.43. The Balaban J connectivity index is 2.27. The molecular weight excluding hydrogens is 288 g/mol. The van der Waals surface area contributed by atoms with Crippen molar-refractivity contribution in [2.45, 2.75) is 18.4 Å². The van der Waals surface area contributed by atoms with Crippen molar-refractivity contribution in [2.75, 3.05) is 0 Å². The first-order valence-corrected chi connectivity index (χ1v) is 8.27. The third kappa shape index (κ3) is 3.92. The Bertz CT molecular complexity index is 763. The number of sulfone groups is 1. The normalized spacial score (nSPS) is 11.3. The fourth-order valence-electron chi connectivity index (χ4n) is 2.15. The largest absolute Gasteiger partial charge is 0.478 e. The summed E-state index contributed by atoms with van der Waals surface area (Å²) in [6.45, 7) is 1.86. The number of hydrogen-bond acceptors (Lipinski definition) is 3. The number of aryl methyl sites for hydroxylation is 1. The van der Waals surface area contributed by atoms with Gasteiger partial charge in [-0.3, -0.25) is 0 Å². The fourth-order valence-corrected chi connectivity index (χ4v) is 3.78. The van der Waals surface area contributed by atoms with Crippen molar-refractivity contribution in [3.05, 3.63) is 70.8 Å². The van der Waals surface area contributed by atoms with E-state index in [0.29, 0.717) is 5.56 Å². The minimum absolute atomic E-state index is 0.0332. The molecular formula is C16H16O4S. The van der Waals surface area contributed by atoms with Gasteiger partial charge in [0.25, 0.3) is 0 Å². The molecule has 0 aromatic heterocycles. The molecule has 0 atom stereocenters. The van der Waals surface area contributed by atoms with Crippen LogP contribution in [0, 0.1) is 6.92 Å². The summed E-state index contributed by atoms with van der Waals surface area (Å²) in [5.74, 6) is -1.48. The fraction of sp³-hybridized carbons (Fsp3) is 0.188. The molecule has 0 fully saturated rings. The van der Waals surface area contributed by atoms with Gasteiger partial charge in [0.2, 0.25) is 0 Å². The molecule has 5 heteroatoms. The number of benzene rings is 2. The third-order valence-corrected chi connectivity index (χ3v) is 4.76. The van der Waals surface area contributed by atoms with E-state index in [2.05, 4.69) is 0 Å². The van der Waals surface area contributed by atoms with E-state index < -0.39 is 15.8 Å². The average molecular weight is 304 g/mol. The van der Waals surface area contributed by atoms with E-state index in [1.54, 1.807) is 30.3 Å². The Labute approximate surface area is 124 Å². The molecule has 0 heterocycles. The summed E-state index contributed by atoms with van der Waals surface area (Å²) in [6.07, 6.45) is 0. The highest BCUT2D eigenvalue weighted by atomic mass is 32.2. The Hall–Kier alpha value is -2.14. The molecule has 2 aromatic carbocycles. The minimum atomic E-state index is -3.43. The number of aromatic carboxylic acids is 1. The molecule has 110 valence electrons. The highest BCUT2D eigenvalue weighted by molar-refractivity contribution is 7.89. The smallest absolute Gasteiger partial charge is 0.335 e. The maximum atomic E-state index is 12.3. The zero-order valence-corrected chi connectivity index (χ0v) is 12.4. The second-order valence-corrected chi connectivity index (χ2v) is 6.99. The van der Waals surface area contributed by atoms with E-state index in [9.17, 15) is 13.2 Å². The lowest BCUT2D eigenvalue weighted by atomic mass is 10.1. The van der Waals surface area contributed by atoms with Gasteiger partial charge in [-0.05, 0) is 29.7 Å². The zero-order valence-electron chi connectivity index (χ0n) is 11.6. The second kappa shape index (κ2) is 6.10. The van der Waals surface area contributed by atoms with Gasteiger partial charge in [0, 0.05) is 0 Å². The van der Waals surface area contributed by atoms with Crippen LogP contribution in [0.3, 0.4) is 0 Å². The summed E-state index contributed by atoms with van der Waals surface area (Å²) >= 11 is 0. The number of carboxylic acids is 1. The molecule has 0 saturated heterocycles. The molecule has 0 radical (unpaired) electrons. The summed E-state index contributed by atoms with van der Waals surface area (Å²) in [5.41, 5.74) is 2.00. The topological polar surface area (TPSA) is 71.4 Å². The molecule has 0 bridgehead atoms. The number of carboxylic acid groups (broad SMARTS) is 1. The molecule has 1 N–H and O–H groups in total. The summed E-state index contributed by atoms with van der Waals surface area (Å²) in [5, 5.41) is 9.10. The molecule has 0 spiro atoms. The van der Waals surface area contributed by atoms with Gasteiger partial charge < -0.3 is 5.11 Å². The van der Waals surface area contributed by atoms with Gasteiger partial charge in [0.15, 0.2) is 9.84 Å². The van der Waals surface area contributed by atoms with Crippen LogP contribution in [0.4, 0.5) is 0 Å². The first-order chi connectivity index (χ1) is 9.89. The molecule has 0 aliphatic carbocycles. The zero-order chi connectivity index (χ0) is 15.5. The van der Waals surface area contributed by atoms with Crippen molar-refractivity contribution < 1.29 is 18.3 Å². The molecule has 0 aliphatic heterocycles. The van der Waals surface area contributed by atoms with Crippen molar-refractivity contribution in [1.29, 1.82) is 0 Å². The van der Waals surface area contributed by atoms with E-state index >= 15 is 0 Å². The van der Waals surface area contributed by atoms with Crippen LogP contribution in [-0.4, -0.2) is 19.5 Å². The van der Waals surface area contributed by atoms with Gasteiger partial charge in [-0.25, -0.2) is 13.2 Å². The van der Waals surface area contributed by atoms with Crippen molar-refractivity contribution in [2.24, 2.45) is 0 Å². The average Bonchev–Trinajstić information content (AvgIpc) is 2.41. The first-order valence-electron chi connectivity index (χ1n) is 6.45. The third-order valence-electron chi connectivity index (χ3n) is 3.26. The van der Waals surface area contributed by atoms with Crippen LogP contribution in [0.2, 0.25) is 0 Å². The first kappa shape index (κ1) is 15.3. The lowest BCUT2D eigenvalue weighted by Gasteiger charge is -2.09. The highest BCUT2D eigenvalue weighted by Gasteiger charge is 2.18. The number of carbonyl (C=O) groups is 1. The molecule has 21 heavy (non-hydrogen) atoms. The van der Waals surface area contributed by atoms with Crippen LogP contribution in [0.5, 0.6) is 0 Å². The van der Waals surface area contributed by atoms with E-state index in [-0.39, 0.29) is 17.1 Å². The van der Waals surface area contributed by atoms with E-state index in [0.717, 1.165) is 11.1 Å². The summed E-state index contributed by atoms with van der Waals surface area (Å²) < 4.78 is 24.6.